The molecule has 4 aromatic rings. The lowest BCUT2D eigenvalue weighted by molar-refractivity contribution is -0.137. The van der Waals surface area contributed by atoms with Crippen LogP contribution in [0.2, 0.25) is 0 Å². The Morgan fingerprint density at radius 1 is 0.886 bits per heavy atom. The molecular formula is C23H14F6N4O2. The Balaban J connectivity index is 2.02. The molecule has 0 fully saturated rings. The second-order valence-corrected chi connectivity index (χ2v) is 7.21. The van der Waals surface area contributed by atoms with Gasteiger partial charge >= 0.3 is 12.4 Å². The summed E-state index contributed by atoms with van der Waals surface area (Å²) in [6, 6.07) is 10.1. The number of carbonyl (C=O) groups excluding carboxylic acids is 1. The molecule has 0 aliphatic rings. The molecule has 2 heterocycles. The summed E-state index contributed by atoms with van der Waals surface area (Å²) < 4.78 is 87.7. The number of benzene rings is 2. The molecule has 2 N–H and O–H groups in total. The van der Waals surface area contributed by atoms with Gasteiger partial charge in [-0.1, -0.05) is 36.4 Å². The topological polar surface area (TPSA) is 86.9 Å². The number of amides is 1. The summed E-state index contributed by atoms with van der Waals surface area (Å²) in [7, 11) is 0. The summed E-state index contributed by atoms with van der Waals surface area (Å²) in [5, 5.41) is 4.01. The number of alkyl halides is 6. The van der Waals surface area contributed by atoms with Crippen LogP contribution in [0.1, 0.15) is 16.7 Å². The Morgan fingerprint density at radius 2 is 1.46 bits per heavy atom. The maximum Gasteiger partial charge on any atom is 0.417 e. The van der Waals surface area contributed by atoms with Crippen molar-refractivity contribution in [3.8, 4) is 22.8 Å². The fourth-order valence-electron chi connectivity index (χ4n) is 3.38. The van der Waals surface area contributed by atoms with Crippen molar-refractivity contribution in [1.29, 1.82) is 0 Å². The third kappa shape index (κ3) is 4.81. The highest BCUT2D eigenvalue weighted by Crippen LogP contribution is 2.39. The van der Waals surface area contributed by atoms with E-state index < -0.39 is 52.2 Å². The third-order valence-corrected chi connectivity index (χ3v) is 4.93. The van der Waals surface area contributed by atoms with E-state index in [4.69, 9.17) is 10.2 Å². The van der Waals surface area contributed by atoms with Gasteiger partial charge in [0.25, 0.3) is 5.91 Å². The SMILES string of the molecule is NC(=O)/C(=C/n1nc(-c2ccccc2C(F)(F)F)nc1-c1ccccc1C(F)(F)F)c1ccoc1. The first-order chi connectivity index (χ1) is 16.5. The number of primary amides is 1. The number of rotatable bonds is 5. The van der Waals surface area contributed by atoms with Gasteiger partial charge in [0.05, 0.1) is 29.2 Å². The largest absolute Gasteiger partial charge is 0.472 e. The van der Waals surface area contributed by atoms with E-state index in [9.17, 15) is 31.1 Å². The smallest absolute Gasteiger partial charge is 0.417 e. The molecule has 2 aromatic heterocycles. The van der Waals surface area contributed by atoms with Gasteiger partial charge in [-0.15, -0.1) is 5.10 Å². The van der Waals surface area contributed by atoms with Crippen LogP contribution in [0.25, 0.3) is 34.5 Å². The molecule has 0 saturated heterocycles. The van der Waals surface area contributed by atoms with E-state index in [2.05, 4.69) is 10.1 Å². The highest BCUT2D eigenvalue weighted by molar-refractivity contribution is 6.22. The quantitative estimate of drug-likeness (QED) is 0.285. The minimum atomic E-state index is -4.81. The lowest BCUT2D eigenvalue weighted by Gasteiger charge is -2.12. The van der Waals surface area contributed by atoms with Crippen molar-refractivity contribution in [1.82, 2.24) is 14.8 Å². The number of halogens is 6. The number of nitrogens with zero attached hydrogens (tertiary/aromatic N) is 3. The van der Waals surface area contributed by atoms with E-state index in [0.717, 1.165) is 53.5 Å². The zero-order valence-corrected chi connectivity index (χ0v) is 17.4. The Morgan fingerprint density at radius 3 is 2.00 bits per heavy atom. The highest BCUT2D eigenvalue weighted by atomic mass is 19.4. The van der Waals surface area contributed by atoms with Gasteiger partial charge in [0.2, 0.25) is 0 Å². The molecule has 0 saturated carbocycles. The molecule has 0 unspecified atom stereocenters. The molecule has 35 heavy (non-hydrogen) atoms. The molecule has 6 nitrogen and oxygen atoms in total. The van der Waals surface area contributed by atoms with E-state index in [1.807, 2.05) is 0 Å². The van der Waals surface area contributed by atoms with E-state index in [1.165, 1.54) is 24.5 Å². The Hall–Kier alpha value is -4.35. The van der Waals surface area contributed by atoms with Crippen LogP contribution >= 0.6 is 0 Å². The van der Waals surface area contributed by atoms with Gasteiger partial charge in [0.15, 0.2) is 11.6 Å². The van der Waals surface area contributed by atoms with E-state index in [-0.39, 0.29) is 11.1 Å². The maximum atomic E-state index is 13.7. The molecule has 4 rings (SSSR count). The summed E-state index contributed by atoms with van der Waals surface area (Å²) in [5.74, 6) is -1.93. The summed E-state index contributed by atoms with van der Waals surface area (Å²) in [5.41, 5.74) is 2.29. The normalized spacial score (nSPS) is 12.7. The third-order valence-electron chi connectivity index (χ3n) is 4.93. The zero-order chi connectivity index (χ0) is 25.4. The molecule has 180 valence electrons. The zero-order valence-electron chi connectivity index (χ0n) is 17.4. The van der Waals surface area contributed by atoms with Crippen LogP contribution in [0.4, 0.5) is 26.3 Å². The second-order valence-electron chi connectivity index (χ2n) is 7.21. The summed E-state index contributed by atoms with van der Waals surface area (Å²) in [6.07, 6.45) is -6.20. The van der Waals surface area contributed by atoms with Crippen molar-refractivity contribution in [3.05, 3.63) is 83.8 Å². The number of furan rings is 1. The van der Waals surface area contributed by atoms with E-state index >= 15 is 0 Å². The molecule has 1 amide bonds. The van der Waals surface area contributed by atoms with E-state index in [1.54, 1.807) is 0 Å². The minimum absolute atomic E-state index is 0.181. The molecule has 0 bridgehead atoms. The molecule has 12 heteroatoms. The molecule has 0 atom stereocenters. The van der Waals surface area contributed by atoms with Gasteiger partial charge in [-0.3, -0.25) is 4.79 Å². The van der Waals surface area contributed by atoms with Crippen LogP contribution in [0, 0.1) is 0 Å². The van der Waals surface area contributed by atoms with Crippen LogP contribution in [-0.2, 0) is 17.1 Å². The molecule has 0 spiro atoms. The number of hydrogen-bond acceptors (Lipinski definition) is 4. The van der Waals surface area contributed by atoms with E-state index in [0.29, 0.717) is 0 Å². The first kappa shape index (κ1) is 23.8. The van der Waals surface area contributed by atoms with Gasteiger partial charge in [-0.25, -0.2) is 9.67 Å². The van der Waals surface area contributed by atoms with Crippen molar-refractivity contribution in [2.45, 2.75) is 12.4 Å². The average molecular weight is 492 g/mol. The Bertz CT molecular complexity index is 1400. The lowest BCUT2D eigenvalue weighted by Crippen LogP contribution is -2.14. The van der Waals surface area contributed by atoms with Crippen LogP contribution in [0.3, 0.4) is 0 Å². The summed E-state index contributed by atoms with van der Waals surface area (Å²) >= 11 is 0. The first-order valence-corrected chi connectivity index (χ1v) is 9.80. The second kappa shape index (κ2) is 8.78. The molecule has 0 aliphatic heterocycles. The van der Waals surface area contributed by atoms with Gasteiger partial charge in [-0.2, -0.15) is 26.3 Å². The number of nitrogens with two attached hydrogens (primary N) is 1. The van der Waals surface area contributed by atoms with Crippen molar-refractivity contribution in [2.75, 3.05) is 0 Å². The number of hydrogen-bond donors (Lipinski definition) is 1. The summed E-state index contributed by atoms with van der Waals surface area (Å²) in [6.45, 7) is 0. The predicted octanol–water partition coefficient (Wildman–Crippen LogP) is 5.73. The van der Waals surface area contributed by atoms with Gasteiger partial charge in [-0.05, 0) is 18.2 Å². The predicted molar refractivity (Wildman–Crippen MR) is 113 cm³/mol. The van der Waals surface area contributed by atoms with Crippen LogP contribution < -0.4 is 5.73 Å². The fourth-order valence-corrected chi connectivity index (χ4v) is 3.38. The van der Waals surface area contributed by atoms with Crippen molar-refractivity contribution in [2.24, 2.45) is 5.73 Å². The maximum absolute atomic E-state index is 13.7. The molecule has 2 aromatic carbocycles. The monoisotopic (exact) mass is 492 g/mol. The minimum Gasteiger partial charge on any atom is -0.472 e. The molecular weight excluding hydrogens is 478 g/mol. The van der Waals surface area contributed by atoms with Crippen LogP contribution in [-0.4, -0.2) is 20.7 Å². The molecule has 0 radical (unpaired) electrons. The first-order valence-electron chi connectivity index (χ1n) is 9.80. The van der Waals surface area contributed by atoms with Gasteiger partial charge in [0, 0.05) is 22.9 Å². The van der Waals surface area contributed by atoms with Crippen molar-refractivity contribution in [3.63, 3.8) is 0 Å². The Labute approximate surface area is 193 Å². The Kier molecular flexibility index (Phi) is 5.97. The number of aromatic nitrogens is 3. The van der Waals surface area contributed by atoms with Crippen LogP contribution in [0.15, 0.2) is 71.5 Å². The molecule has 0 aliphatic carbocycles. The van der Waals surface area contributed by atoms with Gasteiger partial charge < -0.3 is 10.2 Å². The summed E-state index contributed by atoms with van der Waals surface area (Å²) in [4.78, 5) is 16.1. The lowest BCUT2D eigenvalue weighted by atomic mass is 10.1. The average Bonchev–Trinajstić information content (AvgIpc) is 3.46. The fraction of sp³-hybridized carbons (Fsp3) is 0.0870. The highest BCUT2D eigenvalue weighted by Gasteiger charge is 2.37. The standard InChI is InChI=1S/C23H14F6N4O2/c24-22(25,26)17-7-3-1-5-14(17)20-31-21(15-6-2-4-8-18(15)23(27,28)29)33(32-20)11-16(19(30)34)13-9-10-35-12-13/h1-12H,(H2,30,34)/b16-11+. The van der Waals surface area contributed by atoms with Crippen LogP contribution in [0.5, 0.6) is 0 Å². The number of carbonyl (C=O) groups is 1. The van der Waals surface area contributed by atoms with Gasteiger partial charge in [0.1, 0.15) is 0 Å². The van der Waals surface area contributed by atoms with Crippen molar-refractivity contribution < 1.29 is 35.6 Å². The van der Waals surface area contributed by atoms with Crippen molar-refractivity contribution >= 4 is 17.7 Å².